The molecule has 0 N–H and O–H groups in total. The number of ether oxygens (including phenoxy) is 1. The van der Waals surface area contributed by atoms with Crippen LogP contribution in [0.25, 0.3) is 0 Å². The van der Waals surface area contributed by atoms with Gasteiger partial charge in [0.05, 0.1) is 6.54 Å². The van der Waals surface area contributed by atoms with Crippen LogP contribution in [0.3, 0.4) is 0 Å². The zero-order valence-corrected chi connectivity index (χ0v) is 12.3. The first-order chi connectivity index (χ1) is 9.56. The Labute approximate surface area is 126 Å². The van der Waals surface area contributed by atoms with Crippen molar-refractivity contribution in [3.63, 3.8) is 0 Å². The lowest BCUT2D eigenvalue weighted by atomic mass is 10.3. The number of halogens is 2. The molecule has 1 aromatic carbocycles. The van der Waals surface area contributed by atoms with Gasteiger partial charge in [-0.25, -0.2) is 0 Å². The molecule has 1 aromatic heterocycles. The van der Waals surface area contributed by atoms with Crippen LogP contribution in [-0.4, -0.2) is 31.0 Å². The van der Waals surface area contributed by atoms with Gasteiger partial charge in [-0.05, 0) is 48.0 Å². The van der Waals surface area contributed by atoms with E-state index in [1.54, 1.807) is 37.4 Å². The Hall–Kier alpha value is -1.65. The first-order valence-electron chi connectivity index (χ1n) is 5.95. The van der Waals surface area contributed by atoms with Gasteiger partial charge >= 0.3 is 0 Å². The molecule has 1 heterocycles. The first-order valence-corrected chi connectivity index (χ1v) is 6.71. The largest absolute Gasteiger partial charge is 0.492 e. The summed E-state index contributed by atoms with van der Waals surface area (Å²) in [5.41, 5.74) is 0. The van der Waals surface area contributed by atoms with Crippen molar-refractivity contribution in [3.05, 3.63) is 52.4 Å². The SMILES string of the molecule is CN(CCOc1ccc(Cl)cc1)C(=O)c1ccc(Cl)o1. The smallest absolute Gasteiger partial charge is 0.289 e. The molecule has 0 aliphatic heterocycles. The van der Waals surface area contributed by atoms with E-state index < -0.39 is 0 Å². The van der Waals surface area contributed by atoms with Crippen molar-refractivity contribution in [2.24, 2.45) is 0 Å². The molecule has 0 spiro atoms. The summed E-state index contributed by atoms with van der Waals surface area (Å²) in [7, 11) is 1.67. The maximum atomic E-state index is 11.9. The Kier molecular flexibility index (Phi) is 4.93. The van der Waals surface area contributed by atoms with E-state index >= 15 is 0 Å². The lowest BCUT2D eigenvalue weighted by molar-refractivity contribution is 0.0742. The van der Waals surface area contributed by atoms with Gasteiger partial charge in [0.2, 0.25) is 0 Å². The number of benzene rings is 1. The Balaban J connectivity index is 1.81. The highest BCUT2D eigenvalue weighted by Gasteiger charge is 2.15. The van der Waals surface area contributed by atoms with Crippen LogP contribution in [0, 0.1) is 0 Å². The van der Waals surface area contributed by atoms with Crippen LogP contribution in [0.15, 0.2) is 40.8 Å². The summed E-state index contributed by atoms with van der Waals surface area (Å²) in [5, 5.41) is 0.846. The molecule has 0 bridgehead atoms. The third-order valence-corrected chi connectivity index (χ3v) is 3.09. The fraction of sp³-hybridized carbons (Fsp3) is 0.214. The van der Waals surface area contributed by atoms with Crippen LogP contribution in [-0.2, 0) is 0 Å². The minimum atomic E-state index is -0.239. The first kappa shape index (κ1) is 14.8. The number of hydrogen-bond acceptors (Lipinski definition) is 3. The molecule has 2 aromatic rings. The summed E-state index contributed by atoms with van der Waals surface area (Å²) < 4.78 is 10.6. The zero-order chi connectivity index (χ0) is 14.5. The average Bonchev–Trinajstić information content (AvgIpc) is 2.86. The molecule has 4 nitrogen and oxygen atoms in total. The number of carbonyl (C=O) groups is 1. The van der Waals surface area contributed by atoms with E-state index in [-0.39, 0.29) is 16.9 Å². The van der Waals surface area contributed by atoms with Gasteiger partial charge in [0.25, 0.3) is 5.91 Å². The Morgan fingerprint density at radius 1 is 1.20 bits per heavy atom. The van der Waals surface area contributed by atoms with Crippen molar-refractivity contribution in [2.75, 3.05) is 20.2 Å². The van der Waals surface area contributed by atoms with Crippen LogP contribution < -0.4 is 4.74 Å². The summed E-state index contributed by atoms with van der Waals surface area (Å²) in [6, 6.07) is 10.1. The van der Waals surface area contributed by atoms with Gasteiger partial charge < -0.3 is 14.1 Å². The number of likely N-dealkylation sites (N-methyl/N-ethyl adjacent to an activating group) is 1. The fourth-order valence-electron chi connectivity index (χ4n) is 1.55. The summed E-state index contributed by atoms with van der Waals surface area (Å²) >= 11 is 11.4. The molecule has 106 valence electrons. The van der Waals surface area contributed by atoms with E-state index in [0.29, 0.717) is 23.9 Å². The average molecular weight is 314 g/mol. The van der Waals surface area contributed by atoms with Crippen molar-refractivity contribution in [1.29, 1.82) is 0 Å². The molecule has 20 heavy (non-hydrogen) atoms. The second-order valence-corrected chi connectivity index (χ2v) is 4.94. The van der Waals surface area contributed by atoms with E-state index in [2.05, 4.69) is 0 Å². The zero-order valence-electron chi connectivity index (χ0n) is 10.8. The van der Waals surface area contributed by atoms with Crippen LogP contribution >= 0.6 is 23.2 Å². The number of hydrogen-bond donors (Lipinski definition) is 0. The van der Waals surface area contributed by atoms with Crippen molar-refractivity contribution in [2.45, 2.75) is 0 Å². The minimum absolute atomic E-state index is 0.194. The number of nitrogens with zero attached hydrogens (tertiary/aromatic N) is 1. The lowest BCUT2D eigenvalue weighted by Gasteiger charge is -2.16. The molecule has 0 aliphatic carbocycles. The second-order valence-electron chi connectivity index (χ2n) is 4.13. The molecule has 0 aliphatic rings. The van der Waals surface area contributed by atoms with Crippen molar-refractivity contribution < 1.29 is 13.9 Å². The topological polar surface area (TPSA) is 42.7 Å². The summed E-state index contributed by atoms with van der Waals surface area (Å²) in [6.07, 6.45) is 0. The van der Waals surface area contributed by atoms with E-state index in [9.17, 15) is 4.79 Å². The Morgan fingerprint density at radius 3 is 2.50 bits per heavy atom. The third kappa shape index (κ3) is 3.92. The highest BCUT2D eigenvalue weighted by Crippen LogP contribution is 2.16. The number of amides is 1. The van der Waals surface area contributed by atoms with E-state index in [1.165, 1.54) is 11.0 Å². The second kappa shape index (κ2) is 6.68. The van der Waals surface area contributed by atoms with Gasteiger partial charge in [-0.15, -0.1) is 0 Å². The standard InChI is InChI=1S/C14H13Cl2NO3/c1-17(14(18)12-6-7-13(16)20-12)8-9-19-11-4-2-10(15)3-5-11/h2-7H,8-9H2,1H3. The molecule has 0 radical (unpaired) electrons. The highest BCUT2D eigenvalue weighted by molar-refractivity contribution is 6.30. The normalized spacial score (nSPS) is 10.3. The molecule has 0 saturated carbocycles. The molecular weight excluding hydrogens is 301 g/mol. The van der Waals surface area contributed by atoms with E-state index in [0.717, 1.165) is 0 Å². The van der Waals surface area contributed by atoms with E-state index in [4.69, 9.17) is 32.4 Å². The molecule has 2 rings (SSSR count). The van der Waals surface area contributed by atoms with Gasteiger partial charge in [-0.2, -0.15) is 0 Å². The molecular formula is C14H13Cl2NO3. The summed E-state index contributed by atoms with van der Waals surface area (Å²) in [5.74, 6) is 0.678. The van der Waals surface area contributed by atoms with E-state index in [1.807, 2.05) is 0 Å². The number of furan rings is 1. The van der Waals surface area contributed by atoms with Gasteiger partial charge in [-0.1, -0.05) is 11.6 Å². The highest BCUT2D eigenvalue weighted by atomic mass is 35.5. The molecule has 0 saturated heterocycles. The Bertz CT molecular complexity index is 580. The summed E-state index contributed by atoms with van der Waals surface area (Å²) in [6.45, 7) is 0.804. The quantitative estimate of drug-likeness (QED) is 0.844. The van der Waals surface area contributed by atoms with Crippen LogP contribution in [0.2, 0.25) is 10.2 Å². The monoisotopic (exact) mass is 313 g/mol. The Morgan fingerprint density at radius 2 is 1.90 bits per heavy atom. The predicted octanol–water partition coefficient (Wildman–Crippen LogP) is 3.74. The molecule has 1 amide bonds. The maximum Gasteiger partial charge on any atom is 0.289 e. The van der Waals surface area contributed by atoms with Crippen LogP contribution in [0.4, 0.5) is 0 Å². The van der Waals surface area contributed by atoms with Gasteiger partial charge in [0.15, 0.2) is 11.0 Å². The predicted molar refractivity (Wildman–Crippen MR) is 77.6 cm³/mol. The minimum Gasteiger partial charge on any atom is -0.492 e. The van der Waals surface area contributed by atoms with Crippen LogP contribution in [0.1, 0.15) is 10.6 Å². The number of carbonyl (C=O) groups excluding carboxylic acids is 1. The van der Waals surface area contributed by atoms with Crippen molar-refractivity contribution in [1.82, 2.24) is 4.90 Å². The van der Waals surface area contributed by atoms with Gasteiger partial charge in [0, 0.05) is 12.1 Å². The molecule has 0 unspecified atom stereocenters. The van der Waals surface area contributed by atoms with Crippen molar-refractivity contribution in [3.8, 4) is 5.75 Å². The summed E-state index contributed by atoms with van der Waals surface area (Å²) in [4.78, 5) is 13.5. The lowest BCUT2D eigenvalue weighted by Crippen LogP contribution is -2.30. The van der Waals surface area contributed by atoms with Gasteiger partial charge in [0.1, 0.15) is 12.4 Å². The molecule has 0 atom stereocenters. The third-order valence-electron chi connectivity index (χ3n) is 2.64. The molecule has 6 heteroatoms. The van der Waals surface area contributed by atoms with Crippen LogP contribution in [0.5, 0.6) is 5.75 Å². The molecule has 0 fully saturated rings. The van der Waals surface area contributed by atoms with Gasteiger partial charge in [-0.3, -0.25) is 4.79 Å². The number of rotatable bonds is 5. The van der Waals surface area contributed by atoms with Crippen molar-refractivity contribution >= 4 is 29.1 Å². The maximum absolute atomic E-state index is 11.9. The fourth-order valence-corrected chi connectivity index (χ4v) is 1.82.